The lowest BCUT2D eigenvalue weighted by Crippen LogP contribution is -2.30. The quantitative estimate of drug-likeness (QED) is 0.310. The molecule has 0 aliphatic rings. The smallest absolute Gasteiger partial charge is 0.260 e. The fourth-order valence-corrected chi connectivity index (χ4v) is 5.42. The van der Waals surface area contributed by atoms with E-state index in [0.29, 0.717) is 22.5 Å². The third-order valence-corrected chi connectivity index (χ3v) is 7.05. The van der Waals surface area contributed by atoms with E-state index in [1.165, 1.54) is 11.1 Å². The summed E-state index contributed by atoms with van der Waals surface area (Å²) in [5.74, 6) is -0.0450. The molecule has 0 bridgehead atoms. The summed E-state index contributed by atoms with van der Waals surface area (Å²) in [6, 6.07) is 16.0. The molecule has 1 amide bonds. The van der Waals surface area contributed by atoms with E-state index in [2.05, 4.69) is 50.9 Å². The highest BCUT2D eigenvalue weighted by molar-refractivity contribution is 7.99. The van der Waals surface area contributed by atoms with Crippen molar-refractivity contribution < 1.29 is 4.79 Å². The van der Waals surface area contributed by atoms with Crippen LogP contribution in [-0.2, 0) is 6.54 Å². The molecule has 6 heteroatoms. The van der Waals surface area contributed by atoms with Crippen LogP contribution in [0.5, 0.6) is 0 Å². The van der Waals surface area contributed by atoms with Gasteiger partial charge in [0.05, 0.1) is 16.8 Å². The summed E-state index contributed by atoms with van der Waals surface area (Å²) in [5.41, 5.74) is 4.99. The second-order valence-electron chi connectivity index (χ2n) is 7.87. The van der Waals surface area contributed by atoms with E-state index in [1.807, 2.05) is 30.3 Å². The third-order valence-electron chi connectivity index (χ3n) is 4.83. The normalized spacial score (nSPS) is 11.3. The van der Waals surface area contributed by atoms with Crippen LogP contribution in [0.2, 0.25) is 0 Å². The summed E-state index contributed by atoms with van der Waals surface area (Å²) < 4.78 is 1.12. The van der Waals surface area contributed by atoms with Crippen LogP contribution in [0.4, 0.5) is 5.13 Å². The van der Waals surface area contributed by atoms with Gasteiger partial charge in [0.25, 0.3) is 5.91 Å². The van der Waals surface area contributed by atoms with Crippen LogP contribution in [0.15, 0.2) is 65.8 Å². The zero-order valence-electron chi connectivity index (χ0n) is 18.1. The van der Waals surface area contributed by atoms with Crippen LogP contribution in [0.25, 0.3) is 10.2 Å². The number of nitrogens with zero attached hydrogens (tertiary/aromatic N) is 3. The van der Waals surface area contributed by atoms with E-state index in [9.17, 15) is 4.79 Å². The summed E-state index contributed by atoms with van der Waals surface area (Å²) in [7, 11) is 0. The fourth-order valence-electron chi connectivity index (χ4n) is 3.51. The number of thiazole rings is 1. The van der Waals surface area contributed by atoms with Gasteiger partial charge in [-0.15, -0.1) is 11.8 Å². The maximum Gasteiger partial charge on any atom is 0.260 e. The van der Waals surface area contributed by atoms with E-state index in [0.717, 1.165) is 20.7 Å². The van der Waals surface area contributed by atoms with Gasteiger partial charge in [0.2, 0.25) is 0 Å². The van der Waals surface area contributed by atoms with Crippen molar-refractivity contribution in [3.05, 3.63) is 83.2 Å². The number of hydrogen-bond acceptors (Lipinski definition) is 5. The number of rotatable bonds is 6. The van der Waals surface area contributed by atoms with Gasteiger partial charge in [-0.05, 0) is 66.9 Å². The molecule has 0 saturated heterocycles. The minimum absolute atomic E-state index is 0.0450. The van der Waals surface area contributed by atoms with Crippen molar-refractivity contribution in [2.75, 3.05) is 4.90 Å². The van der Waals surface area contributed by atoms with Crippen molar-refractivity contribution >= 4 is 44.4 Å². The van der Waals surface area contributed by atoms with Gasteiger partial charge in [0.15, 0.2) is 5.13 Å². The molecule has 0 aliphatic carbocycles. The number of pyridine rings is 1. The second-order valence-corrected chi connectivity index (χ2v) is 10.5. The van der Waals surface area contributed by atoms with Crippen LogP contribution >= 0.6 is 23.1 Å². The molecule has 31 heavy (non-hydrogen) atoms. The van der Waals surface area contributed by atoms with Crippen molar-refractivity contribution in [2.45, 2.75) is 44.4 Å². The molecule has 2 heterocycles. The van der Waals surface area contributed by atoms with Crippen LogP contribution in [-0.4, -0.2) is 21.1 Å². The minimum atomic E-state index is -0.0450. The molecular weight excluding hydrogens is 422 g/mol. The summed E-state index contributed by atoms with van der Waals surface area (Å²) >= 11 is 3.33. The Morgan fingerprint density at radius 1 is 1.10 bits per heavy atom. The lowest BCUT2D eigenvalue weighted by Gasteiger charge is -2.20. The molecule has 0 saturated carbocycles. The Morgan fingerprint density at radius 2 is 1.87 bits per heavy atom. The Hall–Kier alpha value is -2.70. The lowest BCUT2D eigenvalue weighted by molar-refractivity contribution is 0.0985. The van der Waals surface area contributed by atoms with Crippen LogP contribution in [0.1, 0.15) is 40.9 Å². The van der Waals surface area contributed by atoms with Crippen molar-refractivity contribution in [2.24, 2.45) is 0 Å². The molecule has 4 rings (SSSR count). The topological polar surface area (TPSA) is 46.1 Å². The number of hydrogen-bond donors (Lipinski definition) is 0. The number of benzene rings is 2. The molecular formula is C25H25N3OS2. The van der Waals surface area contributed by atoms with E-state index >= 15 is 0 Å². The predicted octanol–water partition coefficient (Wildman–Crippen LogP) is 6.66. The molecule has 2 aromatic carbocycles. The molecule has 4 nitrogen and oxygen atoms in total. The first-order valence-corrected chi connectivity index (χ1v) is 12.0. The van der Waals surface area contributed by atoms with Gasteiger partial charge in [-0.1, -0.05) is 37.3 Å². The fraction of sp³-hybridized carbons (Fsp3) is 0.240. The van der Waals surface area contributed by atoms with Gasteiger partial charge < -0.3 is 0 Å². The SMILES string of the molecule is Cc1cc(C)c2sc(N(Cc3ccncc3)C(=O)c3cccc(SC(C)C)c3)nc2c1. The third kappa shape index (κ3) is 4.97. The summed E-state index contributed by atoms with van der Waals surface area (Å²) in [6.45, 7) is 8.92. The number of aryl methyl sites for hydroxylation is 2. The van der Waals surface area contributed by atoms with Gasteiger partial charge in [-0.25, -0.2) is 4.98 Å². The van der Waals surface area contributed by atoms with Crippen molar-refractivity contribution in [1.29, 1.82) is 0 Å². The molecule has 158 valence electrons. The number of fused-ring (bicyclic) bond motifs is 1. The largest absolute Gasteiger partial charge is 0.279 e. The van der Waals surface area contributed by atoms with Crippen LogP contribution < -0.4 is 4.90 Å². The number of carbonyl (C=O) groups excluding carboxylic acids is 1. The van der Waals surface area contributed by atoms with E-state index in [-0.39, 0.29) is 5.91 Å². The molecule has 0 unspecified atom stereocenters. The number of thioether (sulfide) groups is 1. The van der Waals surface area contributed by atoms with Crippen molar-refractivity contribution in [3.63, 3.8) is 0 Å². The first-order valence-electron chi connectivity index (χ1n) is 10.3. The van der Waals surface area contributed by atoms with Crippen LogP contribution in [0, 0.1) is 13.8 Å². The van der Waals surface area contributed by atoms with Gasteiger partial charge >= 0.3 is 0 Å². The summed E-state index contributed by atoms with van der Waals surface area (Å²) in [5, 5.41) is 1.17. The molecule has 0 fully saturated rings. The zero-order valence-corrected chi connectivity index (χ0v) is 19.8. The first kappa shape index (κ1) is 21.5. The average Bonchev–Trinajstić information content (AvgIpc) is 3.16. The number of anilines is 1. The lowest BCUT2D eigenvalue weighted by atomic mass is 10.1. The second kappa shape index (κ2) is 9.20. The molecule has 0 radical (unpaired) electrons. The van der Waals surface area contributed by atoms with Gasteiger partial charge in [0, 0.05) is 28.1 Å². The molecule has 4 aromatic rings. The highest BCUT2D eigenvalue weighted by Crippen LogP contribution is 2.34. The van der Waals surface area contributed by atoms with Gasteiger partial charge in [-0.2, -0.15) is 0 Å². The maximum atomic E-state index is 13.7. The highest BCUT2D eigenvalue weighted by Gasteiger charge is 2.23. The zero-order chi connectivity index (χ0) is 22.0. The Bertz CT molecular complexity index is 1220. The van der Waals surface area contributed by atoms with Crippen LogP contribution in [0.3, 0.4) is 0 Å². The number of aromatic nitrogens is 2. The van der Waals surface area contributed by atoms with Gasteiger partial charge in [-0.3, -0.25) is 14.7 Å². The molecule has 0 spiro atoms. The Balaban J connectivity index is 1.76. The van der Waals surface area contributed by atoms with Crippen molar-refractivity contribution in [3.8, 4) is 0 Å². The standard InChI is InChI=1S/C25H25N3OS2/c1-16(2)30-21-7-5-6-20(14-21)24(29)28(15-19-8-10-26-11-9-19)25-27-22-13-17(3)12-18(4)23(22)31-25/h5-14,16H,15H2,1-4H3. The monoisotopic (exact) mass is 447 g/mol. The van der Waals surface area contributed by atoms with E-state index in [1.54, 1.807) is 40.4 Å². The molecule has 0 N–H and O–H groups in total. The molecule has 0 aliphatic heterocycles. The molecule has 2 aromatic heterocycles. The number of amides is 1. The van der Waals surface area contributed by atoms with E-state index in [4.69, 9.17) is 4.98 Å². The maximum absolute atomic E-state index is 13.7. The Labute approximate surface area is 191 Å². The average molecular weight is 448 g/mol. The van der Waals surface area contributed by atoms with Gasteiger partial charge in [0.1, 0.15) is 0 Å². The Kier molecular flexibility index (Phi) is 6.39. The molecule has 0 atom stereocenters. The Morgan fingerprint density at radius 3 is 2.61 bits per heavy atom. The first-order chi connectivity index (χ1) is 14.9. The predicted molar refractivity (Wildman–Crippen MR) is 131 cm³/mol. The number of carbonyl (C=O) groups is 1. The minimum Gasteiger partial charge on any atom is -0.279 e. The summed E-state index contributed by atoms with van der Waals surface area (Å²) in [6.07, 6.45) is 3.51. The van der Waals surface area contributed by atoms with Crippen molar-refractivity contribution in [1.82, 2.24) is 9.97 Å². The van der Waals surface area contributed by atoms with E-state index < -0.39 is 0 Å². The summed E-state index contributed by atoms with van der Waals surface area (Å²) in [4.78, 5) is 25.5. The highest BCUT2D eigenvalue weighted by atomic mass is 32.2.